The number of pyridine rings is 1. The summed E-state index contributed by atoms with van der Waals surface area (Å²) in [5.41, 5.74) is 1.19. The number of hydrogen-bond acceptors (Lipinski definition) is 7. The smallest absolute Gasteiger partial charge is 0.271 e. The molecule has 0 aliphatic carbocycles. The largest absolute Gasteiger partial charge is 0.375 e. The van der Waals surface area contributed by atoms with Crippen LogP contribution < -0.4 is 15.5 Å². The van der Waals surface area contributed by atoms with Crippen LogP contribution in [0.3, 0.4) is 0 Å². The van der Waals surface area contributed by atoms with Crippen molar-refractivity contribution in [2.75, 3.05) is 29.9 Å². The van der Waals surface area contributed by atoms with E-state index in [-0.39, 0.29) is 23.6 Å². The standard InChI is InChI=1S/C17H21N5O3S/c1-11-9-22(5-6-25-11)15-4-3-13(7-18-15)8-19-16(24)14-10-26-17(21-14)20-12(2)23/h3-4,7,10-11H,5-6,8-9H2,1-2H3,(H,19,24)(H,20,21,23)/t11-/m1/s1. The van der Waals surface area contributed by atoms with Crippen molar-refractivity contribution < 1.29 is 14.3 Å². The van der Waals surface area contributed by atoms with Gasteiger partial charge in [-0.05, 0) is 18.6 Å². The Labute approximate surface area is 155 Å². The number of rotatable bonds is 5. The maximum atomic E-state index is 12.1. The van der Waals surface area contributed by atoms with Gasteiger partial charge in [0.05, 0.1) is 12.7 Å². The summed E-state index contributed by atoms with van der Waals surface area (Å²) in [5.74, 6) is 0.408. The maximum absolute atomic E-state index is 12.1. The van der Waals surface area contributed by atoms with Gasteiger partial charge in [-0.3, -0.25) is 9.59 Å². The summed E-state index contributed by atoms with van der Waals surface area (Å²) in [6.07, 6.45) is 1.96. The fraction of sp³-hybridized carbons (Fsp3) is 0.412. The van der Waals surface area contributed by atoms with E-state index in [9.17, 15) is 9.59 Å². The van der Waals surface area contributed by atoms with Gasteiger partial charge in [0, 0.05) is 38.1 Å². The fourth-order valence-electron chi connectivity index (χ4n) is 2.59. The minimum Gasteiger partial charge on any atom is -0.375 e. The Morgan fingerprint density at radius 2 is 2.27 bits per heavy atom. The van der Waals surface area contributed by atoms with E-state index in [1.807, 2.05) is 19.1 Å². The molecule has 0 aromatic carbocycles. The Kier molecular flexibility index (Phi) is 5.79. The van der Waals surface area contributed by atoms with Gasteiger partial charge in [-0.15, -0.1) is 11.3 Å². The molecule has 2 aromatic heterocycles. The first kappa shape index (κ1) is 18.3. The molecular weight excluding hydrogens is 354 g/mol. The topological polar surface area (TPSA) is 96.5 Å². The van der Waals surface area contributed by atoms with Crippen LogP contribution in [0.15, 0.2) is 23.7 Å². The van der Waals surface area contributed by atoms with Gasteiger partial charge in [-0.2, -0.15) is 0 Å². The zero-order valence-corrected chi connectivity index (χ0v) is 15.5. The third-order valence-electron chi connectivity index (χ3n) is 3.85. The van der Waals surface area contributed by atoms with Crippen LogP contribution in [0.2, 0.25) is 0 Å². The average Bonchev–Trinajstić information content (AvgIpc) is 3.08. The lowest BCUT2D eigenvalue weighted by molar-refractivity contribution is -0.114. The summed E-state index contributed by atoms with van der Waals surface area (Å²) < 4.78 is 5.54. The monoisotopic (exact) mass is 375 g/mol. The van der Waals surface area contributed by atoms with E-state index >= 15 is 0 Å². The highest BCUT2D eigenvalue weighted by Gasteiger charge is 2.17. The van der Waals surface area contributed by atoms with Gasteiger partial charge in [0.15, 0.2) is 5.13 Å². The summed E-state index contributed by atoms with van der Waals surface area (Å²) in [7, 11) is 0. The van der Waals surface area contributed by atoms with Crippen molar-refractivity contribution in [2.24, 2.45) is 0 Å². The molecule has 1 aliphatic rings. The maximum Gasteiger partial charge on any atom is 0.271 e. The Morgan fingerprint density at radius 1 is 1.42 bits per heavy atom. The summed E-state index contributed by atoms with van der Waals surface area (Å²) in [6, 6.07) is 3.91. The molecule has 3 rings (SSSR count). The number of carbonyl (C=O) groups excluding carboxylic acids is 2. The fourth-order valence-corrected chi connectivity index (χ4v) is 3.33. The number of thiazole rings is 1. The molecule has 3 heterocycles. The van der Waals surface area contributed by atoms with Crippen molar-refractivity contribution in [2.45, 2.75) is 26.5 Å². The van der Waals surface area contributed by atoms with E-state index in [0.29, 0.717) is 18.3 Å². The van der Waals surface area contributed by atoms with Gasteiger partial charge in [-0.1, -0.05) is 6.07 Å². The minimum absolute atomic E-state index is 0.199. The van der Waals surface area contributed by atoms with E-state index in [1.165, 1.54) is 18.3 Å². The second-order valence-electron chi connectivity index (χ2n) is 6.05. The van der Waals surface area contributed by atoms with Crippen molar-refractivity contribution in [3.8, 4) is 0 Å². The third kappa shape index (κ3) is 4.77. The number of ether oxygens (including phenoxy) is 1. The molecule has 1 fully saturated rings. The highest BCUT2D eigenvalue weighted by molar-refractivity contribution is 7.14. The van der Waals surface area contributed by atoms with Crippen LogP contribution in [-0.2, 0) is 16.1 Å². The second kappa shape index (κ2) is 8.24. The SMILES string of the molecule is CC(=O)Nc1nc(C(=O)NCc2ccc(N3CCO[C@H](C)C3)nc2)cs1. The molecule has 1 aliphatic heterocycles. The Hall–Kier alpha value is -2.52. The van der Waals surface area contributed by atoms with E-state index in [0.717, 1.165) is 24.5 Å². The lowest BCUT2D eigenvalue weighted by Gasteiger charge is -2.32. The lowest BCUT2D eigenvalue weighted by atomic mass is 10.2. The van der Waals surface area contributed by atoms with Crippen molar-refractivity contribution in [3.05, 3.63) is 35.0 Å². The summed E-state index contributed by atoms with van der Waals surface area (Å²) in [5, 5.41) is 7.39. The molecule has 1 atom stereocenters. The number of nitrogens with zero attached hydrogens (tertiary/aromatic N) is 3. The number of hydrogen-bond donors (Lipinski definition) is 2. The highest BCUT2D eigenvalue weighted by atomic mass is 32.1. The molecule has 0 bridgehead atoms. The predicted octanol–water partition coefficient (Wildman–Crippen LogP) is 1.65. The molecule has 9 heteroatoms. The van der Waals surface area contributed by atoms with Crippen LogP contribution in [0.5, 0.6) is 0 Å². The molecule has 0 spiro atoms. The molecule has 2 N–H and O–H groups in total. The summed E-state index contributed by atoms with van der Waals surface area (Å²) >= 11 is 1.21. The molecule has 8 nitrogen and oxygen atoms in total. The zero-order chi connectivity index (χ0) is 18.5. The van der Waals surface area contributed by atoms with Gasteiger partial charge in [0.25, 0.3) is 5.91 Å². The van der Waals surface area contributed by atoms with Crippen molar-refractivity contribution in [1.29, 1.82) is 0 Å². The lowest BCUT2D eigenvalue weighted by Crippen LogP contribution is -2.41. The molecule has 138 valence electrons. The van der Waals surface area contributed by atoms with E-state index < -0.39 is 0 Å². The van der Waals surface area contributed by atoms with Crippen molar-refractivity contribution in [3.63, 3.8) is 0 Å². The van der Waals surface area contributed by atoms with Crippen LogP contribution in [0.4, 0.5) is 10.9 Å². The number of morpholine rings is 1. The first-order chi connectivity index (χ1) is 12.5. The van der Waals surface area contributed by atoms with E-state index in [4.69, 9.17) is 4.74 Å². The molecule has 0 saturated carbocycles. The van der Waals surface area contributed by atoms with Crippen molar-refractivity contribution >= 4 is 34.1 Å². The Balaban J connectivity index is 1.53. The Bertz CT molecular complexity index is 777. The highest BCUT2D eigenvalue weighted by Crippen LogP contribution is 2.17. The number of carbonyl (C=O) groups is 2. The van der Waals surface area contributed by atoms with E-state index in [1.54, 1.807) is 11.6 Å². The predicted molar refractivity (Wildman–Crippen MR) is 99.5 cm³/mol. The van der Waals surface area contributed by atoms with Crippen LogP contribution in [0, 0.1) is 0 Å². The minimum atomic E-state index is -0.288. The van der Waals surface area contributed by atoms with Crippen LogP contribution in [-0.4, -0.2) is 47.6 Å². The van der Waals surface area contributed by atoms with E-state index in [2.05, 4.69) is 25.5 Å². The second-order valence-corrected chi connectivity index (χ2v) is 6.91. The first-order valence-corrected chi connectivity index (χ1v) is 9.22. The van der Waals surface area contributed by atoms with Crippen LogP contribution in [0.1, 0.15) is 29.9 Å². The molecule has 26 heavy (non-hydrogen) atoms. The third-order valence-corrected chi connectivity index (χ3v) is 4.60. The average molecular weight is 375 g/mol. The quantitative estimate of drug-likeness (QED) is 0.825. The van der Waals surface area contributed by atoms with Gasteiger partial charge in [-0.25, -0.2) is 9.97 Å². The number of amides is 2. The zero-order valence-electron chi connectivity index (χ0n) is 14.7. The molecule has 2 aromatic rings. The number of nitrogens with one attached hydrogen (secondary N) is 2. The van der Waals surface area contributed by atoms with Gasteiger partial charge >= 0.3 is 0 Å². The first-order valence-electron chi connectivity index (χ1n) is 8.34. The summed E-state index contributed by atoms with van der Waals surface area (Å²) in [4.78, 5) is 33.9. The van der Waals surface area contributed by atoms with Gasteiger partial charge < -0.3 is 20.3 Å². The molecule has 1 saturated heterocycles. The number of anilines is 2. The Morgan fingerprint density at radius 3 is 2.96 bits per heavy atom. The van der Waals surface area contributed by atoms with Gasteiger partial charge in [0.2, 0.25) is 5.91 Å². The molecule has 2 amide bonds. The normalized spacial score (nSPS) is 17.0. The molecule has 0 radical (unpaired) electrons. The van der Waals surface area contributed by atoms with Gasteiger partial charge in [0.1, 0.15) is 11.5 Å². The van der Waals surface area contributed by atoms with Crippen molar-refractivity contribution in [1.82, 2.24) is 15.3 Å². The number of aromatic nitrogens is 2. The molecular formula is C17H21N5O3S. The van der Waals surface area contributed by atoms with Crippen LogP contribution in [0.25, 0.3) is 0 Å². The van der Waals surface area contributed by atoms with Crippen LogP contribution >= 0.6 is 11.3 Å². The molecule has 0 unspecified atom stereocenters. The summed E-state index contributed by atoms with van der Waals surface area (Å²) in [6.45, 7) is 6.16.